The van der Waals surface area contributed by atoms with E-state index < -0.39 is 0 Å². The molecule has 1 aromatic carbocycles. The van der Waals surface area contributed by atoms with Crippen LogP contribution in [0.4, 0.5) is 10.5 Å². The lowest BCUT2D eigenvalue weighted by atomic mass is 10.1. The van der Waals surface area contributed by atoms with Gasteiger partial charge in [-0.2, -0.15) is 0 Å². The van der Waals surface area contributed by atoms with Gasteiger partial charge in [-0.25, -0.2) is 4.79 Å². The van der Waals surface area contributed by atoms with Gasteiger partial charge in [0.2, 0.25) is 0 Å². The molecule has 0 aromatic heterocycles. The Morgan fingerprint density at radius 1 is 1.28 bits per heavy atom. The van der Waals surface area contributed by atoms with Crippen molar-refractivity contribution in [2.75, 3.05) is 38.1 Å². The average Bonchev–Trinajstić information content (AvgIpc) is 2.41. The second kappa shape index (κ2) is 5.48. The number of benzene rings is 1. The molecular weight excluding hydrogens is 250 g/mol. The molecule has 0 atom stereocenters. The molecular formula is C13H18ClN3O. The zero-order valence-electron chi connectivity index (χ0n) is 10.7. The normalized spacial score (nSPS) is 15.7. The minimum atomic E-state index is -0.00235. The smallest absolute Gasteiger partial charge is 0.317 e. The van der Waals surface area contributed by atoms with Gasteiger partial charge in [0.25, 0.3) is 0 Å². The maximum Gasteiger partial charge on any atom is 0.317 e. The second-order valence-electron chi connectivity index (χ2n) is 4.46. The van der Waals surface area contributed by atoms with Crippen molar-refractivity contribution in [3.8, 4) is 0 Å². The largest absolute Gasteiger partial charge is 0.368 e. The molecule has 0 spiro atoms. The van der Waals surface area contributed by atoms with E-state index in [1.54, 1.807) is 7.05 Å². The lowest BCUT2D eigenvalue weighted by molar-refractivity contribution is 0.196. The van der Waals surface area contributed by atoms with Gasteiger partial charge in [0.15, 0.2) is 0 Å². The predicted molar refractivity (Wildman–Crippen MR) is 74.4 cm³/mol. The van der Waals surface area contributed by atoms with Crippen LogP contribution in [0.5, 0.6) is 0 Å². The van der Waals surface area contributed by atoms with Gasteiger partial charge < -0.3 is 15.1 Å². The summed E-state index contributed by atoms with van der Waals surface area (Å²) in [4.78, 5) is 15.6. The van der Waals surface area contributed by atoms with Gasteiger partial charge in [-0.15, -0.1) is 0 Å². The van der Waals surface area contributed by atoms with E-state index in [0.717, 1.165) is 31.2 Å². The summed E-state index contributed by atoms with van der Waals surface area (Å²) < 4.78 is 0. The first-order valence-electron chi connectivity index (χ1n) is 6.09. The van der Waals surface area contributed by atoms with Crippen molar-refractivity contribution >= 4 is 23.3 Å². The fraction of sp³-hybridized carbons (Fsp3) is 0.462. The van der Waals surface area contributed by atoms with Crippen molar-refractivity contribution < 1.29 is 4.79 Å². The highest BCUT2D eigenvalue weighted by atomic mass is 35.5. The van der Waals surface area contributed by atoms with Crippen LogP contribution in [0.15, 0.2) is 18.2 Å². The first kappa shape index (κ1) is 13.0. The van der Waals surface area contributed by atoms with Gasteiger partial charge in [-0.3, -0.25) is 0 Å². The predicted octanol–water partition coefficient (Wildman–Crippen LogP) is 2.11. The molecule has 1 aliphatic heterocycles. The van der Waals surface area contributed by atoms with E-state index in [9.17, 15) is 4.79 Å². The average molecular weight is 268 g/mol. The van der Waals surface area contributed by atoms with Crippen molar-refractivity contribution in [2.45, 2.75) is 6.92 Å². The van der Waals surface area contributed by atoms with E-state index in [0.29, 0.717) is 0 Å². The van der Waals surface area contributed by atoms with Crippen LogP contribution in [-0.4, -0.2) is 44.2 Å². The summed E-state index contributed by atoms with van der Waals surface area (Å²) in [5.74, 6) is 0. The Hall–Kier alpha value is -1.42. The van der Waals surface area contributed by atoms with Crippen molar-refractivity contribution in [1.29, 1.82) is 0 Å². The van der Waals surface area contributed by atoms with Gasteiger partial charge in [0.1, 0.15) is 0 Å². The monoisotopic (exact) mass is 267 g/mol. The molecule has 2 rings (SSSR count). The van der Waals surface area contributed by atoms with Crippen LogP contribution < -0.4 is 10.2 Å². The number of rotatable bonds is 1. The van der Waals surface area contributed by atoms with Crippen molar-refractivity contribution in [3.05, 3.63) is 28.8 Å². The first-order chi connectivity index (χ1) is 8.61. The van der Waals surface area contributed by atoms with E-state index in [-0.39, 0.29) is 6.03 Å². The summed E-state index contributed by atoms with van der Waals surface area (Å²) in [5.41, 5.74) is 2.38. The van der Waals surface area contributed by atoms with E-state index in [4.69, 9.17) is 11.6 Å². The molecule has 0 saturated carbocycles. The SMILES string of the molecule is CNC(=O)N1CCN(c2cc(Cl)ccc2C)CC1. The molecule has 98 valence electrons. The highest BCUT2D eigenvalue weighted by Crippen LogP contribution is 2.25. The maximum atomic E-state index is 11.5. The standard InChI is InChI=1S/C13H18ClN3O/c1-10-3-4-11(14)9-12(10)16-5-7-17(8-6-16)13(18)15-2/h3-4,9H,5-8H2,1-2H3,(H,15,18). The van der Waals surface area contributed by atoms with Gasteiger partial charge in [0.05, 0.1) is 0 Å². The second-order valence-corrected chi connectivity index (χ2v) is 4.90. The van der Waals surface area contributed by atoms with Crippen LogP contribution >= 0.6 is 11.6 Å². The Morgan fingerprint density at radius 3 is 2.56 bits per heavy atom. The minimum absolute atomic E-state index is 0.00235. The van der Waals surface area contributed by atoms with E-state index >= 15 is 0 Å². The topological polar surface area (TPSA) is 35.6 Å². The molecule has 18 heavy (non-hydrogen) atoms. The Morgan fingerprint density at radius 2 is 1.94 bits per heavy atom. The highest BCUT2D eigenvalue weighted by molar-refractivity contribution is 6.30. The molecule has 1 fully saturated rings. The Bertz CT molecular complexity index is 442. The fourth-order valence-electron chi connectivity index (χ4n) is 2.23. The number of hydrogen-bond donors (Lipinski definition) is 1. The Labute approximate surface area is 113 Å². The fourth-order valence-corrected chi connectivity index (χ4v) is 2.40. The Balaban J connectivity index is 2.05. The first-order valence-corrected chi connectivity index (χ1v) is 6.47. The third-order valence-electron chi connectivity index (χ3n) is 3.29. The molecule has 0 bridgehead atoms. The lowest BCUT2D eigenvalue weighted by Gasteiger charge is -2.36. The van der Waals surface area contributed by atoms with Gasteiger partial charge in [-0.05, 0) is 24.6 Å². The Kier molecular flexibility index (Phi) is 3.97. The third kappa shape index (κ3) is 2.70. The quantitative estimate of drug-likeness (QED) is 0.846. The highest BCUT2D eigenvalue weighted by Gasteiger charge is 2.21. The van der Waals surface area contributed by atoms with Gasteiger partial charge in [0, 0.05) is 43.9 Å². The zero-order valence-corrected chi connectivity index (χ0v) is 11.5. The van der Waals surface area contributed by atoms with Gasteiger partial charge in [-0.1, -0.05) is 17.7 Å². The summed E-state index contributed by atoms with van der Waals surface area (Å²) in [6.07, 6.45) is 0. The molecule has 1 N–H and O–H groups in total. The molecule has 0 unspecified atom stereocenters. The molecule has 1 saturated heterocycles. The van der Waals surface area contributed by atoms with Gasteiger partial charge >= 0.3 is 6.03 Å². The summed E-state index contributed by atoms with van der Waals surface area (Å²) in [6, 6.07) is 5.92. The summed E-state index contributed by atoms with van der Waals surface area (Å²) in [6.45, 7) is 5.25. The molecule has 0 radical (unpaired) electrons. The van der Waals surface area contributed by atoms with E-state index in [2.05, 4.69) is 17.1 Å². The number of nitrogens with one attached hydrogen (secondary N) is 1. The van der Waals surface area contributed by atoms with Crippen LogP contribution in [-0.2, 0) is 0 Å². The van der Waals surface area contributed by atoms with Crippen LogP contribution in [0.2, 0.25) is 5.02 Å². The number of carbonyl (C=O) groups excluding carboxylic acids is 1. The molecule has 5 heteroatoms. The number of piperazine rings is 1. The molecule has 1 heterocycles. The number of amides is 2. The molecule has 2 amide bonds. The number of halogens is 1. The molecule has 1 aliphatic rings. The third-order valence-corrected chi connectivity index (χ3v) is 3.53. The molecule has 0 aliphatic carbocycles. The number of carbonyl (C=O) groups is 1. The lowest BCUT2D eigenvalue weighted by Crippen LogP contribution is -2.51. The number of nitrogens with zero attached hydrogens (tertiary/aromatic N) is 2. The molecule has 1 aromatic rings. The number of aryl methyl sites for hydroxylation is 1. The van der Waals surface area contributed by atoms with Crippen molar-refractivity contribution in [2.24, 2.45) is 0 Å². The van der Waals surface area contributed by atoms with Crippen molar-refractivity contribution in [3.63, 3.8) is 0 Å². The van der Waals surface area contributed by atoms with E-state index in [1.165, 1.54) is 11.3 Å². The van der Waals surface area contributed by atoms with E-state index in [1.807, 2.05) is 23.1 Å². The zero-order chi connectivity index (χ0) is 13.1. The van der Waals surface area contributed by atoms with Crippen LogP contribution in [0, 0.1) is 6.92 Å². The minimum Gasteiger partial charge on any atom is -0.368 e. The number of urea groups is 1. The number of anilines is 1. The van der Waals surface area contributed by atoms with Crippen molar-refractivity contribution in [1.82, 2.24) is 10.2 Å². The van der Waals surface area contributed by atoms with Crippen LogP contribution in [0.3, 0.4) is 0 Å². The number of hydrogen-bond acceptors (Lipinski definition) is 2. The summed E-state index contributed by atoms with van der Waals surface area (Å²) >= 11 is 6.04. The summed E-state index contributed by atoms with van der Waals surface area (Å²) in [7, 11) is 1.66. The summed E-state index contributed by atoms with van der Waals surface area (Å²) in [5, 5.41) is 3.41. The van der Waals surface area contributed by atoms with Crippen LogP contribution in [0.25, 0.3) is 0 Å². The molecule has 4 nitrogen and oxygen atoms in total. The maximum absolute atomic E-state index is 11.5. The van der Waals surface area contributed by atoms with Crippen LogP contribution in [0.1, 0.15) is 5.56 Å².